The summed E-state index contributed by atoms with van der Waals surface area (Å²) in [6.07, 6.45) is 1.70. The molecule has 0 aromatic heterocycles. The van der Waals surface area contributed by atoms with Crippen molar-refractivity contribution in [1.82, 2.24) is 10.6 Å². The summed E-state index contributed by atoms with van der Waals surface area (Å²) in [4.78, 5) is 21.7. The standard InChI is InChI=1S/C12H25N5O4/c1-5-9(15-11(18)21-12(2,3)4)7-6-8-14-10(13)16-17(19)20/h9H,5-8H2,1-4H3,(H,15,18)(H3,13,14,16). The zero-order valence-electron chi connectivity index (χ0n) is 13.0. The number of alkyl carbamates (subject to hydrolysis) is 1. The third kappa shape index (κ3) is 11.5. The molecule has 122 valence electrons. The Morgan fingerprint density at radius 2 is 2.10 bits per heavy atom. The maximum Gasteiger partial charge on any atom is 0.407 e. The van der Waals surface area contributed by atoms with Crippen LogP contribution < -0.4 is 16.4 Å². The number of hydrazone groups is 1. The number of hydrogen-bond donors (Lipinski definition) is 3. The number of nitrogens with two attached hydrogens (primary N) is 1. The lowest BCUT2D eigenvalue weighted by Crippen LogP contribution is -2.39. The molecule has 0 aromatic carbocycles. The number of nitrogens with one attached hydrogen (secondary N) is 2. The van der Waals surface area contributed by atoms with Crippen molar-refractivity contribution in [2.45, 2.75) is 58.6 Å². The van der Waals surface area contributed by atoms with Crippen LogP contribution in [0.1, 0.15) is 47.0 Å². The van der Waals surface area contributed by atoms with Gasteiger partial charge in [-0.1, -0.05) is 6.92 Å². The minimum absolute atomic E-state index is 0.0182. The van der Waals surface area contributed by atoms with Crippen LogP contribution in [0, 0.1) is 10.1 Å². The maximum absolute atomic E-state index is 11.6. The number of ether oxygens (including phenoxy) is 1. The van der Waals surface area contributed by atoms with Crippen LogP contribution in [-0.2, 0) is 4.74 Å². The SMILES string of the molecule is CCC(CCCN/C(N)=N/[N+](=O)[O-])NC(=O)OC(C)(C)C. The first-order chi connectivity index (χ1) is 9.64. The van der Waals surface area contributed by atoms with Gasteiger partial charge in [0.1, 0.15) is 10.7 Å². The number of carbonyl (C=O) groups excluding carboxylic acids is 1. The summed E-state index contributed by atoms with van der Waals surface area (Å²) < 4.78 is 5.18. The molecule has 0 fully saturated rings. The van der Waals surface area contributed by atoms with Crippen LogP contribution in [0.3, 0.4) is 0 Å². The van der Waals surface area contributed by atoms with E-state index in [4.69, 9.17) is 10.5 Å². The number of guanidine groups is 1. The number of nitro groups is 1. The molecule has 1 amide bonds. The minimum Gasteiger partial charge on any atom is -0.444 e. The second-order valence-corrected chi connectivity index (χ2v) is 5.54. The van der Waals surface area contributed by atoms with Gasteiger partial charge in [0.05, 0.1) is 0 Å². The van der Waals surface area contributed by atoms with Crippen LogP contribution in [0.5, 0.6) is 0 Å². The molecular formula is C12H25N5O4. The Hall–Kier alpha value is -2.06. The summed E-state index contributed by atoms with van der Waals surface area (Å²) in [5, 5.41) is 17.5. The summed E-state index contributed by atoms with van der Waals surface area (Å²) in [7, 11) is 0. The molecule has 0 radical (unpaired) electrons. The lowest BCUT2D eigenvalue weighted by molar-refractivity contribution is -0.485. The van der Waals surface area contributed by atoms with E-state index >= 15 is 0 Å². The molecule has 0 aliphatic carbocycles. The van der Waals surface area contributed by atoms with Crippen molar-refractivity contribution < 1.29 is 14.6 Å². The van der Waals surface area contributed by atoms with Crippen molar-refractivity contribution >= 4 is 12.1 Å². The van der Waals surface area contributed by atoms with Crippen LogP contribution in [0.25, 0.3) is 0 Å². The van der Waals surface area contributed by atoms with Gasteiger partial charge in [0, 0.05) is 12.6 Å². The molecule has 9 nitrogen and oxygen atoms in total. The fourth-order valence-electron chi connectivity index (χ4n) is 1.54. The number of rotatable bonds is 7. The summed E-state index contributed by atoms with van der Waals surface area (Å²) in [6, 6.07) is -0.0182. The van der Waals surface area contributed by atoms with Crippen LogP contribution in [0.2, 0.25) is 0 Å². The molecule has 0 rings (SSSR count). The Labute approximate surface area is 124 Å². The average molecular weight is 303 g/mol. The van der Waals surface area contributed by atoms with E-state index in [-0.39, 0.29) is 12.0 Å². The van der Waals surface area contributed by atoms with Gasteiger partial charge in [-0.15, -0.1) is 0 Å². The van der Waals surface area contributed by atoms with Gasteiger partial charge >= 0.3 is 6.09 Å². The molecule has 0 heterocycles. The highest BCUT2D eigenvalue weighted by Crippen LogP contribution is 2.08. The first-order valence-corrected chi connectivity index (χ1v) is 6.86. The number of hydrogen-bond acceptors (Lipinski definition) is 4. The lowest BCUT2D eigenvalue weighted by Gasteiger charge is -2.23. The lowest BCUT2D eigenvalue weighted by atomic mass is 10.1. The third-order valence-electron chi connectivity index (χ3n) is 2.44. The van der Waals surface area contributed by atoms with Crippen LogP contribution in [-0.4, -0.2) is 35.3 Å². The molecule has 0 aromatic rings. The van der Waals surface area contributed by atoms with Gasteiger partial charge in [-0.05, 0) is 40.0 Å². The van der Waals surface area contributed by atoms with Gasteiger partial charge in [-0.3, -0.25) is 0 Å². The molecule has 1 unspecified atom stereocenters. The number of nitrogens with zero attached hydrogens (tertiary/aromatic N) is 2. The third-order valence-corrected chi connectivity index (χ3v) is 2.44. The van der Waals surface area contributed by atoms with Crippen molar-refractivity contribution in [1.29, 1.82) is 0 Å². The second kappa shape index (κ2) is 8.98. The topological polar surface area (TPSA) is 132 Å². The van der Waals surface area contributed by atoms with Crippen LogP contribution in [0.4, 0.5) is 4.79 Å². The summed E-state index contributed by atoms with van der Waals surface area (Å²) in [5.74, 6) is -0.229. The second-order valence-electron chi connectivity index (χ2n) is 5.54. The van der Waals surface area contributed by atoms with E-state index < -0.39 is 16.7 Å². The first kappa shape index (κ1) is 18.9. The quantitative estimate of drug-likeness (QED) is 0.212. The van der Waals surface area contributed by atoms with Crippen molar-refractivity contribution in [3.05, 3.63) is 10.1 Å². The molecule has 21 heavy (non-hydrogen) atoms. The molecule has 4 N–H and O–H groups in total. The Balaban J connectivity index is 4.01. The molecular weight excluding hydrogens is 278 g/mol. The molecule has 0 saturated heterocycles. The van der Waals surface area contributed by atoms with E-state index in [1.165, 1.54) is 0 Å². The van der Waals surface area contributed by atoms with Gasteiger partial charge in [0.15, 0.2) is 5.03 Å². The first-order valence-electron chi connectivity index (χ1n) is 6.86. The average Bonchev–Trinajstić information content (AvgIpc) is 2.29. The predicted octanol–water partition coefficient (Wildman–Crippen LogP) is 1.17. The number of carbonyl (C=O) groups is 1. The smallest absolute Gasteiger partial charge is 0.407 e. The van der Waals surface area contributed by atoms with Crippen LogP contribution in [0.15, 0.2) is 5.10 Å². The van der Waals surface area contributed by atoms with E-state index in [0.717, 1.165) is 6.42 Å². The van der Waals surface area contributed by atoms with E-state index in [1.54, 1.807) is 20.8 Å². The zero-order valence-corrected chi connectivity index (χ0v) is 13.0. The van der Waals surface area contributed by atoms with Gasteiger partial charge in [0.2, 0.25) is 0 Å². The Kier molecular flexibility index (Phi) is 8.10. The number of amides is 1. The van der Waals surface area contributed by atoms with Gasteiger partial charge < -0.3 is 21.1 Å². The Bertz CT molecular complexity index is 378. The molecule has 0 aliphatic rings. The molecule has 0 spiro atoms. The van der Waals surface area contributed by atoms with Crippen molar-refractivity contribution in [3.8, 4) is 0 Å². The van der Waals surface area contributed by atoms with Gasteiger partial charge in [-0.25, -0.2) is 14.9 Å². The summed E-state index contributed by atoms with van der Waals surface area (Å²) in [5.41, 5.74) is 4.75. The van der Waals surface area contributed by atoms with E-state index in [9.17, 15) is 14.9 Å². The maximum atomic E-state index is 11.6. The molecule has 0 bridgehead atoms. The fraction of sp³-hybridized carbons (Fsp3) is 0.833. The summed E-state index contributed by atoms with van der Waals surface area (Å²) in [6.45, 7) is 7.80. The normalized spacial score (nSPS) is 13.4. The highest BCUT2D eigenvalue weighted by atomic mass is 16.7. The minimum atomic E-state index is -0.860. The van der Waals surface area contributed by atoms with E-state index in [2.05, 4.69) is 15.7 Å². The highest BCUT2D eigenvalue weighted by Gasteiger charge is 2.18. The molecule has 0 aliphatic heterocycles. The van der Waals surface area contributed by atoms with Gasteiger partial charge in [0.25, 0.3) is 5.96 Å². The molecule has 0 saturated carbocycles. The molecule has 1 atom stereocenters. The fourth-order valence-corrected chi connectivity index (χ4v) is 1.54. The van der Waals surface area contributed by atoms with Crippen molar-refractivity contribution in [2.24, 2.45) is 10.8 Å². The van der Waals surface area contributed by atoms with E-state index in [0.29, 0.717) is 19.4 Å². The predicted molar refractivity (Wildman–Crippen MR) is 79.3 cm³/mol. The Morgan fingerprint density at radius 3 is 2.57 bits per heavy atom. The van der Waals surface area contributed by atoms with Gasteiger partial charge in [-0.2, -0.15) is 0 Å². The van der Waals surface area contributed by atoms with Crippen LogP contribution >= 0.6 is 0 Å². The molecule has 9 heteroatoms. The largest absolute Gasteiger partial charge is 0.444 e. The zero-order chi connectivity index (χ0) is 16.5. The van der Waals surface area contributed by atoms with Crippen molar-refractivity contribution in [2.75, 3.05) is 6.54 Å². The summed E-state index contributed by atoms with van der Waals surface area (Å²) >= 11 is 0. The van der Waals surface area contributed by atoms with E-state index in [1.807, 2.05) is 6.92 Å². The van der Waals surface area contributed by atoms with Crippen molar-refractivity contribution in [3.63, 3.8) is 0 Å². The monoisotopic (exact) mass is 303 g/mol. The highest BCUT2D eigenvalue weighted by molar-refractivity contribution is 5.76. The Morgan fingerprint density at radius 1 is 1.48 bits per heavy atom.